The Kier molecular flexibility index (Phi) is 3.24. The molecule has 0 aliphatic heterocycles. The van der Waals surface area contributed by atoms with Crippen molar-refractivity contribution in [3.05, 3.63) is 0 Å². The van der Waals surface area contributed by atoms with Crippen LogP contribution in [0, 0.1) is 5.92 Å². The van der Waals surface area contributed by atoms with Crippen molar-refractivity contribution in [3.63, 3.8) is 0 Å². The Hall–Kier alpha value is -0.570. The average Bonchev–Trinajstić information content (AvgIpc) is 2.91. The molecule has 0 spiro atoms. The van der Waals surface area contributed by atoms with Gasteiger partial charge >= 0.3 is 5.97 Å². The van der Waals surface area contributed by atoms with Crippen LogP contribution in [-0.2, 0) is 4.79 Å². The van der Waals surface area contributed by atoms with E-state index in [1.54, 1.807) is 0 Å². The second-order valence-electron chi connectivity index (χ2n) is 5.82. The maximum absolute atomic E-state index is 11.6. The van der Waals surface area contributed by atoms with Crippen molar-refractivity contribution < 1.29 is 9.90 Å². The first kappa shape index (κ1) is 11.9. The zero-order valence-corrected chi connectivity index (χ0v) is 10.4. The molecule has 2 fully saturated rings. The zero-order valence-electron chi connectivity index (χ0n) is 10.4. The van der Waals surface area contributed by atoms with Gasteiger partial charge < -0.3 is 5.11 Å². The fraction of sp³-hybridized carbons (Fsp3) is 0.923. The van der Waals surface area contributed by atoms with Crippen LogP contribution < -0.4 is 0 Å². The number of carboxylic acids is 1. The molecule has 1 N–H and O–H groups in total. The maximum atomic E-state index is 11.6. The molecule has 0 aromatic heterocycles. The van der Waals surface area contributed by atoms with Gasteiger partial charge in [-0.2, -0.15) is 0 Å². The number of rotatable bonds is 5. The van der Waals surface area contributed by atoms with Gasteiger partial charge in [-0.3, -0.25) is 9.69 Å². The second kappa shape index (κ2) is 4.36. The quantitative estimate of drug-likeness (QED) is 0.781. The van der Waals surface area contributed by atoms with Crippen molar-refractivity contribution in [2.45, 2.75) is 64.0 Å². The molecule has 0 unspecified atom stereocenters. The van der Waals surface area contributed by atoms with Gasteiger partial charge in [0.2, 0.25) is 0 Å². The highest BCUT2D eigenvalue weighted by Gasteiger charge is 2.51. The number of nitrogens with zero attached hydrogens (tertiary/aromatic N) is 1. The average molecular weight is 225 g/mol. The number of hydrogen-bond donors (Lipinski definition) is 1. The normalized spacial score (nSPS) is 24.2. The number of aliphatic carboxylic acids is 1. The predicted octanol–water partition coefficient (Wildman–Crippen LogP) is 2.50. The van der Waals surface area contributed by atoms with Crippen LogP contribution in [0.15, 0.2) is 0 Å². The van der Waals surface area contributed by atoms with Crippen LogP contribution in [0.1, 0.15) is 52.4 Å². The fourth-order valence-electron chi connectivity index (χ4n) is 3.04. The van der Waals surface area contributed by atoms with E-state index >= 15 is 0 Å². The third-order valence-corrected chi connectivity index (χ3v) is 3.93. The third kappa shape index (κ3) is 2.10. The van der Waals surface area contributed by atoms with Crippen molar-refractivity contribution in [2.24, 2.45) is 5.92 Å². The molecule has 3 heteroatoms. The highest BCUT2D eigenvalue weighted by atomic mass is 16.4. The summed E-state index contributed by atoms with van der Waals surface area (Å²) < 4.78 is 0. The first-order chi connectivity index (χ1) is 7.56. The van der Waals surface area contributed by atoms with Gasteiger partial charge in [-0.1, -0.05) is 26.7 Å². The van der Waals surface area contributed by atoms with Crippen molar-refractivity contribution >= 4 is 5.97 Å². The lowest BCUT2D eigenvalue weighted by Gasteiger charge is -2.39. The van der Waals surface area contributed by atoms with E-state index in [9.17, 15) is 9.90 Å². The van der Waals surface area contributed by atoms with E-state index in [0.717, 1.165) is 32.2 Å². The first-order valence-electron chi connectivity index (χ1n) is 6.56. The molecular weight excluding hydrogens is 202 g/mol. The monoisotopic (exact) mass is 225 g/mol. The molecule has 2 rings (SSSR count). The number of carbonyl (C=O) groups is 1. The minimum absolute atomic E-state index is 0.522. The lowest BCUT2D eigenvalue weighted by atomic mass is 9.93. The van der Waals surface area contributed by atoms with Gasteiger partial charge in [0.15, 0.2) is 0 Å². The molecule has 2 aliphatic carbocycles. The largest absolute Gasteiger partial charge is 0.480 e. The Morgan fingerprint density at radius 2 is 1.94 bits per heavy atom. The minimum Gasteiger partial charge on any atom is -0.480 e. The van der Waals surface area contributed by atoms with E-state index in [1.807, 2.05) is 0 Å². The van der Waals surface area contributed by atoms with Crippen LogP contribution in [-0.4, -0.2) is 34.1 Å². The van der Waals surface area contributed by atoms with Crippen LogP contribution in [0.3, 0.4) is 0 Å². The Balaban J connectivity index is 2.17. The lowest BCUT2D eigenvalue weighted by Crippen LogP contribution is -2.55. The summed E-state index contributed by atoms with van der Waals surface area (Å²) in [7, 11) is 0. The van der Waals surface area contributed by atoms with E-state index in [1.165, 1.54) is 12.8 Å². The molecule has 0 aromatic rings. The van der Waals surface area contributed by atoms with Crippen molar-refractivity contribution in [3.8, 4) is 0 Å². The summed E-state index contributed by atoms with van der Waals surface area (Å²) in [4.78, 5) is 13.9. The van der Waals surface area contributed by atoms with Gasteiger partial charge in [0.1, 0.15) is 5.54 Å². The predicted molar refractivity (Wildman–Crippen MR) is 63.4 cm³/mol. The highest BCUT2D eigenvalue weighted by Crippen LogP contribution is 2.42. The summed E-state index contributed by atoms with van der Waals surface area (Å²) in [5, 5.41) is 9.58. The van der Waals surface area contributed by atoms with Gasteiger partial charge in [-0.05, 0) is 31.6 Å². The van der Waals surface area contributed by atoms with Crippen LogP contribution in [0.2, 0.25) is 0 Å². The van der Waals surface area contributed by atoms with E-state index in [2.05, 4.69) is 18.7 Å². The zero-order chi connectivity index (χ0) is 11.8. The van der Waals surface area contributed by atoms with Gasteiger partial charge in [0.05, 0.1) is 0 Å². The number of carboxylic acid groups (broad SMARTS) is 1. The van der Waals surface area contributed by atoms with Crippen LogP contribution >= 0.6 is 0 Å². The number of hydrogen-bond acceptors (Lipinski definition) is 2. The SMILES string of the molecule is CC(C)CN(C1CC1)C1(C(=O)O)CCCC1. The Bertz CT molecular complexity index is 265. The molecular formula is C13H23NO2. The molecule has 0 radical (unpaired) electrons. The molecule has 2 aliphatic rings. The smallest absolute Gasteiger partial charge is 0.324 e. The molecule has 0 amide bonds. The van der Waals surface area contributed by atoms with Crippen molar-refractivity contribution in [1.29, 1.82) is 0 Å². The topological polar surface area (TPSA) is 40.5 Å². The lowest BCUT2D eigenvalue weighted by molar-refractivity contribution is -0.152. The summed E-state index contributed by atoms with van der Waals surface area (Å²) >= 11 is 0. The highest BCUT2D eigenvalue weighted by molar-refractivity contribution is 5.79. The van der Waals surface area contributed by atoms with E-state index < -0.39 is 11.5 Å². The summed E-state index contributed by atoms with van der Waals surface area (Å²) in [6.45, 7) is 5.30. The maximum Gasteiger partial charge on any atom is 0.324 e. The third-order valence-electron chi connectivity index (χ3n) is 3.93. The van der Waals surface area contributed by atoms with Crippen molar-refractivity contribution in [1.82, 2.24) is 4.90 Å². The first-order valence-corrected chi connectivity index (χ1v) is 6.56. The summed E-state index contributed by atoms with van der Waals surface area (Å²) in [5.74, 6) is -0.0324. The van der Waals surface area contributed by atoms with E-state index in [0.29, 0.717) is 12.0 Å². The van der Waals surface area contributed by atoms with Crippen LogP contribution in [0.4, 0.5) is 0 Å². The minimum atomic E-state index is -0.586. The summed E-state index contributed by atoms with van der Waals surface area (Å²) in [5.41, 5.74) is -0.522. The molecule has 92 valence electrons. The molecule has 0 aromatic carbocycles. The molecule has 3 nitrogen and oxygen atoms in total. The van der Waals surface area contributed by atoms with Crippen LogP contribution in [0.5, 0.6) is 0 Å². The molecule has 0 heterocycles. The molecule has 2 saturated carbocycles. The molecule has 0 saturated heterocycles. The van der Waals surface area contributed by atoms with Gasteiger partial charge in [0.25, 0.3) is 0 Å². The summed E-state index contributed by atoms with van der Waals surface area (Å²) in [6.07, 6.45) is 6.25. The second-order valence-corrected chi connectivity index (χ2v) is 5.82. The van der Waals surface area contributed by atoms with Crippen LogP contribution in [0.25, 0.3) is 0 Å². The van der Waals surface area contributed by atoms with E-state index in [-0.39, 0.29) is 0 Å². The Morgan fingerprint density at radius 3 is 2.31 bits per heavy atom. The Morgan fingerprint density at radius 1 is 1.38 bits per heavy atom. The molecule has 0 bridgehead atoms. The van der Waals surface area contributed by atoms with E-state index in [4.69, 9.17) is 0 Å². The standard InChI is InChI=1S/C13H23NO2/c1-10(2)9-14(11-5-6-11)13(12(15)16)7-3-4-8-13/h10-11H,3-9H2,1-2H3,(H,15,16). The van der Waals surface area contributed by atoms with Gasteiger partial charge in [-0.15, -0.1) is 0 Å². The van der Waals surface area contributed by atoms with Gasteiger partial charge in [0, 0.05) is 12.6 Å². The van der Waals surface area contributed by atoms with Gasteiger partial charge in [-0.25, -0.2) is 0 Å². The fourth-order valence-corrected chi connectivity index (χ4v) is 3.04. The summed E-state index contributed by atoms with van der Waals surface area (Å²) in [6, 6.07) is 0.552. The van der Waals surface area contributed by atoms with Crippen molar-refractivity contribution in [2.75, 3.05) is 6.54 Å². The Labute approximate surface area is 97.8 Å². The molecule has 0 atom stereocenters. The molecule has 16 heavy (non-hydrogen) atoms.